The van der Waals surface area contributed by atoms with Crippen molar-refractivity contribution in [1.82, 2.24) is 0 Å². The first-order valence-corrected chi connectivity index (χ1v) is 8.50. The van der Waals surface area contributed by atoms with Gasteiger partial charge in [-0.15, -0.1) is 0 Å². The summed E-state index contributed by atoms with van der Waals surface area (Å²) in [5.41, 5.74) is 1.26. The largest absolute Gasteiger partial charge is 0.466 e. The van der Waals surface area contributed by atoms with Crippen LogP contribution in [0.1, 0.15) is 62.3 Å². The van der Waals surface area contributed by atoms with E-state index < -0.39 is 0 Å². The lowest BCUT2D eigenvalue weighted by Crippen LogP contribution is -2.06. The van der Waals surface area contributed by atoms with E-state index in [1.54, 1.807) is 0 Å². The van der Waals surface area contributed by atoms with Gasteiger partial charge in [0.15, 0.2) is 0 Å². The first-order chi connectivity index (χ1) is 9.74. The third kappa shape index (κ3) is 7.68. The summed E-state index contributed by atoms with van der Waals surface area (Å²) in [6, 6.07) is 10.3. The van der Waals surface area contributed by atoms with Crippen LogP contribution in [0.4, 0.5) is 0 Å². The van der Waals surface area contributed by atoms with Crippen LogP contribution < -0.4 is 0 Å². The molecule has 0 aliphatic carbocycles. The molecule has 0 amide bonds. The maximum absolute atomic E-state index is 11.6. The van der Waals surface area contributed by atoms with E-state index in [4.69, 9.17) is 4.74 Å². The van der Waals surface area contributed by atoms with Gasteiger partial charge in [-0.25, -0.2) is 0 Å². The van der Waals surface area contributed by atoms with Crippen molar-refractivity contribution in [3.63, 3.8) is 0 Å². The van der Waals surface area contributed by atoms with Gasteiger partial charge in [-0.1, -0.05) is 72.4 Å². The molecule has 0 heterocycles. The number of benzene rings is 1. The van der Waals surface area contributed by atoms with Crippen molar-refractivity contribution in [2.45, 2.75) is 56.7 Å². The Bertz CT molecular complexity index is 365. The number of carbonyl (C=O) groups is 1. The van der Waals surface area contributed by atoms with Gasteiger partial charge in [0.05, 0.1) is 6.61 Å². The van der Waals surface area contributed by atoms with E-state index in [-0.39, 0.29) is 5.97 Å². The van der Waals surface area contributed by atoms with Crippen molar-refractivity contribution in [3.8, 4) is 0 Å². The zero-order valence-electron chi connectivity index (χ0n) is 12.3. The van der Waals surface area contributed by atoms with E-state index in [0.717, 1.165) is 25.7 Å². The molecule has 2 nitrogen and oxygen atoms in total. The summed E-state index contributed by atoms with van der Waals surface area (Å²) < 4.78 is 5.22. The summed E-state index contributed by atoms with van der Waals surface area (Å²) in [6.45, 7) is 2.75. The lowest BCUT2D eigenvalue weighted by Gasteiger charge is -2.09. The summed E-state index contributed by atoms with van der Waals surface area (Å²) in [5, 5.41) is 0. The molecule has 0 spiro atoms. The van der Waals surface area contributed by atoms with Gasteiger partial charge in [-0.3, -0.25) is 4.79 Å². The SMILES string of the molecule is CCCCCCOC(=O)CCCC(Br)c1ccccc1. The Morgan fingerprint density at radius 2 is 1.90 bits per heavy atom. The quantitative estimate of drug-likeness (QED) is 0.323. The summed E-state index contributed by atoms with van der Waals surface area (Å²) in [5.74, 6) is -0.0609. The number of halogens is 1. The Morgan fingerprint density at radius 3 is 2.60 bits per heavy atom. The molecule has 0 saturated heterocycles. The zero-order valence-corrected chi connectivity index (χ0v) is 13.9. The maximum atomic E-state index is 11.6. The minimum atomic E-state index is -0.0609. The number of carbonyl (C=O) groups excluding carboxylic acids is 1. The van der Waals surface area contributed by atoms with Crippen molar-refractivity contribution in [2.24, 2.45) is 0 Å². The minimum Gasteiger partial charge on any atom is -0.466 e. The molecule has 1 rings (SSSR count). The standard InChI is InChI=1S/C17H25BrO2/c1-2-3-4-8-14-20-17(19)13-9-12-16(18)15-10-6-5-7-11-15/h5-7,10-11,16H,2-4,8-9,12-14H2,1H3. The highest BCUT2D eigenvalue weighted by Gasteiger charge is 2.09. The van der Waals surface area contributed by atoms with E-state index in [0.29, 0.717) is 17.9 Å². The van der Waals surface area contributed by atoms with E-state index in [1.165, 1.54) is 18.4 Å². The third-order valence-electron chi connectivity index (χ3n) is 3.26. The van der Waals surface area contributed by atoms with Gasteiger partial charge in [0, 0.05) is 11.2 Å². The molecule has 0 aromatic heterocycles. The van der Waals surface area contributed by atoms with E-state index in [9.17, 15) is 4.79 Å². The van der Waals surface area contributed by atoms with Crippen LogP contribution in [-0.4, -0.2) is 12.6 Å². The van der Waals surface area contributed by atoms with Gasteiger partial charge >= 0.3 is 5.97 Å². The predicted octanol–water partition coefficient (Wildman–Crippen LogP) is 5.42. The molecule has 3 heteroatoms. The van der Waals surface area contributed by atoms with Crippen molar-refractivity contribution in [1.29, 1.82) is 0 Å². The Balaban J connectivity index is 2.07. The second kappa shape index (κ2) is 10.9. The number of hydrogen-bond acceptors (Lipinski definition) is 2. The molecule has 112 valence electrons. The van der Waals surface area contributed by atoms with Crippen molar-refractivity contribution in [3.05, 3.63) is 35.9 Å². The highest BCUT2D eigenvalue weighted by atomic mass is 79.9. The minimum absolute atomic E-state index is 0.0609. The van der Waals surface area contributed by atoms with Crippen LogP contribution in [0, 0.1) is 0 Å². The molecule has 0 bridgehead atoms. The third-order valence-corrected chi connectivity index (χ3v) is 4.25. The smallest absolute Gasteiger partial charge is 0.305 e. The monoisotopic (exact) mass is 340 g/mol. The number of alkyl halides is 1. The van der Waals surface area contributed by atoms with Gasteiger partial charge < -0.3 is 4.74 Å². The van der Waals surface area contributed by atoms with Crippen LogP contribution >= 0.6 is 15.9 Å². The lowest BCUT2D eigenvalue weighted by molar-refractivity contribution is -0.143. The average molecular weight is 341 g/mol. The summed E-state index contributed by atoms with van der Waals surface area (Å²) in [6.07, 6.45) is 6.90. The average Bonchev–Trinajstić information content (AvgIpc) is 2.48. The molecule has 1 atom stereocenters. The Labute approximate surface area is 131 Å². The number of unbranched alkanes of at least 4 members (excludes halogenated alkanes) is 3. The van der Waals surface area contributed by atoms with Crippen molar-refractivity contribution >= 4 is 21.9 Å². The molecule has 0 saturated carbocycles. The number of rotatable bonds is 10. The maximum Gasteiger partial charge on any atom is 0.305 e. The van der Waals surface area contributed by atoms with Crippen LogP contribution in [0.25, 0.3) is 0 Å². The highest BCUT2D eigenvalue weighted by molar-refractivity contribution is 9.09. The predicted molar refractivity (Wildman–Crippen MR) is 87.1 cm³/mol. The molecule has 1 aromatic carbocycles. The van der Waals surface area contributed by atoms with Gasteiger partial charge in [0.2, 0.25) is 0 Å². The molecule has 0 aliphatic heterocycles. The van der Waals surface area contributed by atoms with Crippen LogP contribution in [0.15, 0.2) is 30.3 Å². The Morgan fingerprint density at radius 1 is 1.15 bits per heavy atom. The van der Waals surface area contributed by atoms with E-state index in [1.807, 2.05) is 18.2 Å². The van der Waals surface area contributed by atoms with E-state index in [2.05, 4.69) is 35.0 Å². The normalized spacial score (nSPS) is 12.1. The number of hydrogen-bond donors (Lipinski definition) is 0. The second-order valence-corrected chi connectivity index (χ2v) is 6.16. The molecule has 1 aromatic rings. The van der Waals surface area contributed by atoms with E-state index >= 15 is 0 Å². The fraction of sp³-hybridized carbons (Fsp3) is 0.588. The summed E-state index contributed by atoms with van der Waals surface area (Å²) in [4.78, 5) is 11.9. The Hall–Kier alpha value is -0.830. The fourth-order valence-electron chi connectivity index (χ4n) is 2.04. The molecular formula is C17H25BrO2. The van der Waals surface area contributed by atoms with Gasteiger partial charge in [0.25, 0.3) is 0 Å². The van der Waals surface area contributed by atoms with Gasteiger partial charge in [-0.2, -0.15) is 0 Å². The fourth-order valence-corrected chi connectivity index (χ4v) is 2.67. The summed E-state index contributed by atoms with van der Waals surface area (Å²) in [7, 11) is 0. The first kappa shape index (κ1) is 17.2. The first-order valence-electron chi connectivity index (χ1n) is 7.58. The van der Waals surface area contributed by atoms with Crippen LogP contribution in [0.2, 0.25) is 0 Å². The van der Waals surface area contributed by atoms with Crippen LogP contribution in [0.5, 0.6) is 0 Å². The molecule has 0 aliphatic rings. The van der Waals surface area contributed by atoms with Crippen molar-refractivity contribution < 1.29 is 9.53 Å². The zero-order chi connectivity index (χ0) is 14.6. The molecule has 1 unspecified atom stereocenters. The molecule has 0 fully saturated rings. The van der Waals surface area contributed by atoms with Gasteiger partial charge in [-0.05, 0) is 24.8 Å². The molecule has 0 N–H and O–H groups in total. The molecule has 0 radical (unpaired) electrons. The topological polar surface area (TPSA) is 26.3 Å². The lowest BCUT2D eigenvalue weighted by atomic mass is 10.1. The molecule has 20 heavy (non-hydrogen) atoms. The molecular weight excluding hydrogens is 316 g/mol. The number of ether oxygens (including phenoxy) is 1. The Kier molecular flexibility index (Phi) is 9.38. The van der Waals surface area contributed by atoms with Crippen LogP contribution in [-0.2, 0) is 9.53 Å². The second-order valence-electron chi connectivity index (χ2n) is 5.05. The number of esters is 1. The van der Waals surface area contributed by atoms with Gasteiger partial charge in [0.1, 0.15) is 0 Å². The highest BCUT2D eigenvalue weighted by Crippen LogP contribution is 2.27. The summed E-state index contributed by atoms with van der Waals surface area (Å²) >= 11 is 3.67. The van der Waals surface area contributed by atoms with Crippen LogP contribution in [0.3, 0.4) is 0 Å². The van der Waals surface area contributed by atoms with Crippen molar-refractivity contribution in [2.75, 3.05) is 6.61 Å².